The average Bonchev–Trinajstić information content (AvgIpc) is 2.54. The zero-order chi connectivity index (χ0) is 12.3. The van der Waals surface area contributed by atoms with Gasteiger partial charge in [0, 0.05) is 11.8 Å². The van der Waals surface area contributed by atoms with Gasteiger partial charge in [0.05, 0.1) is 12.2 Å². The highest BCUT2D eigenvalue weighted by Gasteiger charge is 2.18. The molecule has 0 bridgehead atoms. The summed E-state index contributed by atoms with van der Waals surface area (Å²) in [5, 5.41) is 10.4. The Morgan fingerprint density at radius 3 is 2.75 bits per heavy atom. The minimum Gasteiger partial charge on any atom is -0.394 e. The normalized spacial score (nSPS) is 13.5. The number of allylic oxidation sites excluding steroid dienone is 1. The van der Waals surface area contributed by atoms with E-state index >= 15 is 0 Å². The molecule has 0 saturated heterocycles. The van der Waals surface area contributed by atoms with E-state index in [0.717, 1.165) is 6.21 Å². The second-order valence-corrected chi connectivity index (χ2v) is 3.18. The van der Waals surface area contributed by atoms with Crippen molar-refractivity contribution >= 4 is 17.8 Å². The highest BCUT2D eigenvalue weighted by Crippen LogP contribution is 2.18. The number of carbonyl (C=O) groups excluding carboxylic acids is 1. The Balaban J connectivity index is 3.08. The lowest BCUT2D eigenvalue weighted by atomic mass is 10.1. The van der Waals surface area contributed by atoms with Gasteiger partial charge in [0.15, 0.2) is 0 Å². The van der Waals surface area contributed by atoms with Gasteiger partial charge in [-0.3, -0.25) is 9.48 Å². The molecule has 0 fully saturated rings. The Kier molecular flexibility index (Phi) is 3.39. The summed E-state index contributed by atoms with van der Waals surface area (Å²) in [6.45, 7) is 1.60. The van der Waals surface area contributed by atoms with E-state index in [1.54, 1.807) is 6.92 Å². The van der Waals surface area contributed by atoms with E-state index in [9.17, 15) is 9.18 Å². The van der Waals surface area contributed by atoms with Crippen LogP contribution in [-0.2, 0) is 4.79 Å². The Hall–Kier alpha value is -2.18. The van der Waals surface area contributed by atoms with Gasteiger partial charge in [0.25, 0.3) is 5.95 Å². The molecule has 0 aliphatic heterocycles. The van der Waals surface area contributed by atoms with Crippen LogP contribution in [-0.4, -0.2) is 21.9 Å². The summed E-state index contributed by atoms with van der Waals surface area (Å²) < 4.78 is 14.1. The second-order valence-electron chi connectivity index (χ2n) is 3.18. The van der Waals surface area contributed by atoms with Crippen LogP contribution >= 0.6 is 0 Å². The number of hydrogen-bond acceptors (Lipinski definition) is 4. The van der Waals surface area contributed by atoms with Gasteiger partial charge < -0.3 is 16.9 Å². The quantitative estimate of drug-likeness (QED) is 0.503. The maximum atomic E-state index is 12.9. The Morgan fingerprint density at radius 1 is 1.75 bits per heavy atom. The third-order valence-corrected chi connectivity index (χ3v) is 2.11. The zero-order valence-corrected chi connectivity index (χ0v) is 8.64. The Bertz CT molecular complexity index is 431. The van der Waals surface area contributed by atoms with Gasteiger partial charge in [-0.25, -0.2) is 0 Å². The molecule has 1 heterocycles. The van der Waals surface area contributed by atoms with Crippen LogP contribution < -0.4 is 11.5 Å². The summed E-state index contributed by atoms with van der Waals surface area (Å²) >= 11 is 0. The molecule has 5 N–H and O–H groups in total. The Labute approximate surface area is 91.2 Å². The van der Waals surface area contributed by atoms with Crippen molar-refractivity contribution in [3.05, 3.63) is 23.8 Å². The molecule has 1 aromatic heterocycles. The summed E-state index contributed by atoms with van der Waals surface area (Å²) in [5.74, 6) is -1.49. The molecule has 0 saturated carbocycles. The van der Waals surface area contributed by atoms with E-state index in [1.807, 2.05) is 0 Å². The first-order valence-corrected chi connectivity index (χ1v) is 4.48. The number of primary amides is 1. The van der Waals surface area contributed by atoms with Gasteiger partial charge in [-0.2, -0.15) is 4.39 Å². The standard InChI is InChI=1S/C9H12FN5O/c1-5(6(2-3-11)9(13)16)15-4-7(12)8(10)14-15/h2-5,11H,12H2,1H3,(H2,13,16)/b6-2-,11-3?/t5-/m0/s1. The molecule has 0 radical (unpaired) electrons. The molecule has 7 heteroatoms. The number of aromatic nitrogens is 2. The summed E-state index contributed by atoms with van der Waals surface area (Å²) in [7, 11) is 0. The number of amides is 1. The number of nitrogens with two attached hydrogens (primary N) is 2. The predicted octanol–water partition coefficient (Wildman–Crippen LogP) is 0.227. The molecule has 6 nitrogen and oxygen atoms in total. The molecule has 1 rings (SSSR count). The first kappa shape index (κ1) is 11.9. The fourth-order valence-electron chi connectivity index (χ4n) is 1.24. The molecule has 0 aromatic carbocycles. The number of anilines is 1. The molecule has 86 valence electrons. The highest BCUT2D eigenvalue weighted by molar-refractivity contribution is 5.96. The zero-order valence-electron chi connectivity index (χ0n) is 8.64. The van der Waals surface area contributed by atoms with Crippen LogP contribution in [0.3, 0.4) is 0 Å². The topological polar surface area (TPSA) is 111 Å². The lowest BCUT2D eigenvalue weighted by molar-refractivity contribution is -0.115. The number of carbonyl (C=O) groups is 1. The first-order valence-electron chi connectivity index (χ1n) is 4.48. The Morgan fingerprint density at radius 2 is 2.38 bits per heavy atom. The molecule has 1 amide bonds. The van der Waals surface area contributed by atoms with Crippen molar-refractivity contribution in [3.8, 4) is 0 Å². The smallest absolute Gasteiger partial charge is 0.255 e. The van der Waals surface area contributed by atoms with Gasteiger partial charge in [0.1, 0.15) is 5.69 Å². The molecule has 16 heavy (non-hydrogen) atoms. The maximum absolute atomic E-state index is 12.9. The number of nitrogens with zero attached hydrogens (tertiary/aromatic N) is 2. The molecule has 0 aliphatic carbocycles. The largest absolute Gasteiger partial charge is 0.394 e. The van der Waals surface area contributed by atoms with Crippen molar-refractivity contribution in [1.29, 1.82) is 5.41 Å². The summed E-state index contributed by atoms with van der Waals surface area (Å²) in [6.07, 6.45) is 3.43. The fraction of sp³-hybridized carbons (Fsp3) is 0.222. The second kappa shape index (κ2) is 4.56. The van der Waals surface area contributed by atoms with Crippen LogP contribution in [0.15, 0.2) is 17.8 Å². The van der Waals surface area contributed by atoms with Crippen LogP contribution in [0.25, 0.3) is 0 Å². The van der Waals surface area contributed by atoms with E-state index in [-0.39, 0.29) is 11.3 Å². The number of hydrogen-bond donors (Lipinski definition) is 3. The van der Waals surface area contributed by atoms with Crippen LogP contribution in [0.4, 0.5) is 10.1 Å². The minimum atomic E-state index is -0.800. The molecular formula is C9H12FN5O. The number of nitrogen functional groups attached to an aromatic ring is 1. The van der Waals surface area contributed by atoms with Crippen molar-refractivity contribution in [2.45, 2.75) is 13.0 Å². The van der Waals surface area contributed by atoms with Crippen LogP contribution in [0.5, 0.6) is 0 Å². The maximum Gasteiger partial charge on any atom is 0.255 e. The molecule has 0 aliphatic rings. The fourth-order valence-corrected chi connectivity index (χ4v) is 1.24. The van der Waals surface area contributed by atoms with Gasteiger partial charge in [-0.15, -0.1) is 5.10 Å². The molecular weight excluding hydrogens is 213 g/mol. The third-order valence-electron chi connectivity index (χ3n) is 2.11. The highest BCUT2D eigenvalue weighted by atomic mass is 19.1. The van der Waals surface area contributed by atoms with Gasteiger partial charge in [-0.1, -0.05) is 0 Å². The summed E-state index contributed by atoms with van der Waals surface area (Å²) in [4.78, 5) is 11.1. The molecule has 0 unspecified atom stereocenters. The SMILES string of the molecule is C[C@@H](/C(=C/C=N)C(N)=O)n1cc(N)c(F)n1. The van der Waals surface area contributed by atoms with E-state index < -0.39 is 17.9 Å². The monoisotopic (exact) mass is 225 g/mol. The van der Waals surface area contributed by atoms with Crippen LogP contribution in [0.1, 0.15) is 13.0 Å². The van der Waals surface area contributed by atoms with E-state index in [0.29, 0.717) is 0 Å². The van der Waals surface area contributed by atoms with Gasteiger partial charge >= 0.3 is 0 Å². The average molecular weight is 225 g/mol. The van der Waals surface area contributed by atoms with Crippen LogP contribution in [0.2, 0.25) is 0 Å². The lowest BCUT2D eigenvalue weighted by Gasteiger charge is -2.12. The lowest BCUT2D eigenvalue weighted by Crippen LogP contribution is -2.22. The number of rotatable bonds is 4. The van der Waals surface area contributed by atoms with Gasteiger partial charge in [-0.05, 0) is 13.0 Å². The van der Waals surface area contributed by atoms with Crippen molar-refractivity contribution < 1.29 is 9.18 Å². The third kappa shape index (κ3) is 2.25. The first-order chi connectivity index (χ1) is 7.47. The predicted molar refractivity (Wildman–Crippen MR) is 57.4 cm³/mol. The molecule has 1 atom stereocenters. The molecule has 1 aromatic rings. The van der Waals surface area contributed by atoms with Gasteiger partial charge in [0.2, 0.25) is 5.91 Å². The van der Waals surface area contributed by atoms with E-state index in [4.69, 9.17) is 16.9 Å². The number of nitrogens with one attached hydrogen (secondary N) is 1. The van der Waals surface area contributed by atoms with Crippen molar-refractivity contribution in [2.75, 3.05) is 5.73 Å². The van der Waals surface area contributed by atoms with Crippen molar-refractivity contribution in [3.63, 3.8) is 0 Å². The van der Waals surface area contributed by atoms with Crippen molar-refractivity contribution in [1.82, 2.24) is 9.78 Å². The molecule has 0 spiro atoms. The summed E-state index contributed by atoms with van der Waals surface area (Å²) in [5.41, 5.74) is 10.5. The van der Waals surface area contributed by atoms with Crippen LogP contribution in [0, 0.1) is 11.4 Å². The van der Waals surface area contributed by atoms with Crippen molar-refractivity contribution in [2.24, 2.45) is 5.73 Å². The van der Waals surface area contributed by atoms with E-state index in [2.05, 4.69) is 5.10 Å². The number of halogens is 1. The van der Waals surface area contributed by atoms with E-state index in [1.165, 1.54) is 17.0 Å². The summed E-state index contributed by atoms with van der Waals surface area (Å²) in [6, 6.07) is -0.578. The minimum absolute atomic E-state index is 0.106.